The molecular weight excluding hydrogens is 418 g/mol. The number of ether oxygens (including phenoxy) is 2. The van der Waals surface area contributed by atoms with E-state index in [2.05, 4.69) is 33.5 Å². The summed E-state index contributed by atoms with van der Waals surface area (Å²) in [6.45, 7) is 3.52. The third kappa shape index (κ3) is 4.00. The Balaban J connectivity index is 1.48. The fourth-order valence-corrected chi connectivity index (χ4v) is 4.13. The van der Waals surface area contributed by atoms with E-state index in [-0.39, 0.29) is 5.91 Å². The van der Waals surface area contributed by atoms with Crippen molar-refractivity contribution >= 4 is 23.4 Å². The highest BCUT2D eigenvalue weighted by Gasteiger charge is 2.33. The van der Waals surface area contributed by atoms with Crippen molar-refractivity contribution in [2.24, 2.45) is 9.98 Å². The number of rotatable bonds is 5. The lowest BCUT2D eigenvalue weighted by Gasteiger charge is -2.28. The van der Waals surface area contributed by atoms with E-state index in [1.165, 1.54) is 0 Å². The molecule has 1 N–H and O–H groups in total. The molecule has 1 aliphatic carbocycles. The number of nitrogens with zero attached hydrogens (tertiary/aromatic N) is 4. The molecule has 1 aromatic carbocycles. The number of hydrogen-bond donors (Lipinski definition) is 1. The summed E-state index contributed by atoms with van der Waals surface area (Å²) in [6.07, 6.45) is 10.2. The molecule has 2 aromatic rings. The first kappa shape index (κ1) is 20.9. The van der Waals surface area contributed by atoms with E-state index in [1.54, 1.807) is 32.4 Å². The van der Waals surface area contributed by atoms with Crippen LogP contribution in [-0.4, -0.2) is 54.4 Å². The zero-order chi connectivity index (χ0) is 22.8. The molecule has 0 saturated carbocycles. The number of amidine groups is 1. The Kier molecular flexibility index (Phi) is 5.64. The topological polar surface area (TPSA) is 88.4 Å². The molecule has 1 aromatic heterocycles. The number of amides is 1. The second-order valence-electron chi connectivity index (χ2n) is 7.92. The molecule has 8 heteroatoms. The van der Waals surface area contributed by atoms with Crippen LogP contribution in [-0.2, 0) is 0 Å². The van der Waals surface area contributed by atoms with Crippen molar-refractivity contribution in [3.8, 4) is 11.5 Å². The normalized spacial score (nSPS) is 16.3. The van der Waals surface area contributed by atoms with Crippen LogP contribution in [0.4, 0.5) is 5.69 Å². The van der Waals surface area contributed by atoms with Gasteiger partial charge < -0.3 is 9.47 Å². The van der Waals surface area contributed by atoms with Gasteiger partial charge in [-0.3, -0.25) is 25.0 Å². The molecule has 0 spiro atoms. The molecule has 5 rings (SSSR count). The van der Waals surface area contributed by atoms with Gasteiger partial charge in [-0.25, -0.2) is 4.99 Å². The molecule has 1 amide bonds. The molecule has 2 aliphatic heterocycles. The van der Waals surface area contributed by atoms with Crippen LogP contribution >= 0.6 is 0 Å². The van der Waals surface area contributed by atoms with Gasteiger partial charge in [0.1, 0.15) is 18.1 Å². The smallest absolute Gasteiger partial charge is 0.259 e. The molecule has 0 radical (unpaired) electrons. The predicted molar refractivity (Wildman–Crippen MR) is 127 cm³/mol. The van der Waals surface area contributed by atoms with Crippen molar-refractivity contribution in [3.63, 3.8) is 0 Å². The van der Waals surface area contributed by atoms with Crippen LogP contribution in [0.5, 0.6) is 11.5 Å². The Morgan fingerprint density at radius 3 is 2.94 bits per heavy atom. The molecule has 8 nitrogen and oxygen atoms in total. The Morgan fingerprint density at radius 1 is 1.24 bits per heavy atom. The zero-order valence-electron chi connectivity index (χ0n) is 18.7. The first-order valence-electron chi connectivity index (χ1n) is 11.0. The summed E-state index contributed by atoms with van der Waals surface area (Å²) in [4.78, 5) is 28.5. The zero-order valence-corrected chi connectivity index (χ0v) is 18.7. The largest absolute Gasteiger partial charge is 0.491 e. The Labute approximate surface area is 192 Å². The molecule has 3 heterocycles. The number of aromatic nitrogens is 1. The monoisotopic (exact) mass is 443 g/mol. The highest BCUT2D eigenvalue weighted by atomic mass is 16.5. The minimum absolute atomic E-state index is 0.267. The van der Waals surface area contributed by atoms with E-state index in [4.69, 9.17) is 14.5 Å². The average molecular weight is 444 g/mol. The maximum absolute atomic E-state index is 13.0. The Morgan fingerprint density at radius 2 is 2.15 bits per heavy atom. The van der Waals surface area contributed by atoms with Crippen LogP contribution in [0.15, 0.2) is 64.2 Å². The molecular formula is C25H25N5O3. The summed E-state index contributed by atoms with van der Waals surface area (Å²) in [6, 6.07) is 7.33. The number of nitrogens with one attached hydrogen (secondary N) is 1. The van der Waals surface area contributed by atoms with Gasteiger partial charge in [0.05, 0.1) is 19.2 Å². The number of benzene rings is 1. The van der Waals surface area contributed by atoms with Gasteiger partial charge >= 0.3 is 0 Å². The number of fused-ring (bicyclic) bond motifs is 3. The van der Waals surface area contributed by atoms with Crippen LogP contribution in [0, 0.1) is 6.92 Å². The second kappa shape index (κ2) is 8.90. The molecule has 33 heavy (non-hydrogen) atoms. The number of methoxy groups -OCH3 is 1. The van der Waals surface area contributed by atoms with E-state index < -0.39 is 0 Å². The number of carbonyl (C=O) groups is 1. The van der Waals surface area contributed by atoms with Crippen LogP contribution in [0.1, 0.15) is 34.5 Å². The first-order chi connectivity index (χ1) is 16.2. The van der Waals surface area contributed by atoms with Gasteiger partial charge in [0, 0.05) is 24.0 Å². The second-order valence-corrected chi connectivity index (χ2v) is 7.92. The van der Waals surface area contributed by atoms with Gasteiger partial charge in [0.2, 0.25) is 5.96 Å². The van der Waals surface area contributed by atoms with Gasteiger partial charge in [0.25, 0.3) is 5.91 Å². The lowest BCUT2D eigenvalue weighted by Crippen LogP contribution is -2.47. The van der Waals surface area contributed by atoms with Crippen molar-refractivity contribution in [2.75, 3.05) is 26.8 Å². The summed E-state index contributed by atoms with van der Waals surface area (Å²) >= 11 is 0. The molecule has 0 fully saturated rings. The van der Waals surface area contributed by atoms with E-state index in [1.807, 2.05) is 17.0 Å². The summed E-state index contributed by atoms with van der Waals surface area (Å²) in [7, 11) is 1.60. The van der Waals surface area contributed by atoms with Crippen molar-refractivity contribution in [1.29, 1.82) is 0 Å². The predicted octanol–water partition coefficient (Wildman–Crippen LogP) is 3.55. The third-order valence-corrected chi connectivity index (χ3v) is 5.80. The Bertz CT molecular complexity index is 1230. The molecule has 0 atom stereocenters. The number of hydrogen-bond acceptors (Lipinski definition) is 7. The summed E-state index contributed by atoms with van der Waals surface area (Å²) in [5.74, 6) is 2.03. The van der Waals surface area contributed by atoms with Crippen LogP contribution < -0.4 is 14.8 Å². The standard InChI is InChI=1S/C25H25N5O3/c1-16-18(9-6-12-26-16)24(31)29-25-28-21-19(23-27-13-14-30(23)25)10-11-20(22(21)32-2)33-15-17-7-4-3-5-8-17/h4,6-12H,3,5,13-15H2,1-2H3,(H,28,29,31). The average Bonchev–Trinajstić information content (AvgIpc) is 3.34. The molecule has 0 bridgehead atoms. The van der Waals surface area contributed by atoms with E-state index >= 15 is 0 Å². The number of aliphatic imine (C=N–C) groups is 2. The summed E-state index contributed by atoms with van der Waals surface area (Å²) in [5, 5.41) is 2.94. The number of aryl methyl sites for hydroxylation is 1. The van der Waals surface area contributed by atoms with Crippen LogP contribution in [0.2, 0.25) is 0 Å². The minimum atomic E-state index is -0.267. The molecule has 3 aliphatic rings. The van der Waals surface area contributed by atoms with E-state index in [0.717, 1.165) is 29.8 Å². The van der Waals surface area contributed by atoms with Crippen molar-refractivity contribution < 1.29 is 14.3 Å². The maximum Gasteiger partial charge on any atom is 0.259 e. The minimum Gasteiger partial charge on any atom is -0.491 e. The van der Waals surface area contributed by atoms with E-state index in [9.17, 15) is 4.79 Å². The molecule has 168 valence electrons. The quantitative estimate of drug-likeness (QED) is 0.764. The van der Waals surface area contributed by atoms with Gasteiger partial charge in [-0.15, -0.1) is 0 Å². The SMILES string of the molecule is COc1c(OCC2=CCCC=C2)ccc2c1N=C(NC(=O)c1cccnc1C)N1CCN=C21. The van der Waals surface area contributed by atoms with Crippen molar-refractivity contribution in [1.82, 2.24) is 15.2 Å². The molecule has 0 unspecified atom stereocenters. The van der Waals surface area contributed by atoms with Gasteiger partial charge in [0.15, 0.2) is 11.5 Å². The first-order valence-corrected chi connectivity index (χ1v) is 11.0. The van der Waals surface area contributed by atoms with Gasteiger partial charge in [-0.2, -0.15) is 0 Å². The van der Waals surface area contributed by atoms with Crippen LogP contribution in [0.25, 0.3) is 0 Å². The lowest BCUT2D eigenvalue weighted by molar-refractivity contribution is 0.0973. The van der Waals surface area contributed by atoms with Crippen molar-refractivity contribution in [3.05, 3.63) is 71.1 Å². The highest BCUT2D eigenvalue weighted by molar-refractivity contribution is 6.20. The van der Waals surface area contributed by atoms with Crippen molar-refractivity contribution in [2.45, 2.75) is 19.8 Å². The lowest BCUT2D eigenvalue weighted by atomic mass is 10.1. The number of carbonyl (C=O) groups excluding carboxylic acids is 1. The number of allylic oxidation sites excluding steroid dienone is 2. The number of guanidine groups is 1. The van der Waals surface area contributed by atoms with Gasteiger partial charge in [-0.1, -0.05) is 18.2 Å². The maximum atomic E-state index is 13.0. The summed E-state index contributed by atoms with van der Waals surface area (Å²) in [5.41, 5.74) is 3.74. The fraction of sp³-hybridized carbons (Fsp3) is 0.280. The third-order valence-electron chi connectivity index (χ3n) is 5.80. The van der Waals surface area contributed by atoms with Crippen LogP contribution in [0.3, 0.4) is 0 Å². The summed E-state index contributed by atoms with van der Waals surface area (Å²) < 4.78 is 11.8. The molecule has 0 saturated heterocycles. The van der Waals surface area contributed by atoms with E-state index in [0.29, 0.717) is 54.1 Å². The highest BCUT2D eigenvalue weighted by Crippen LogP contribution is 2.43. The number of pyridine rings is 1. The fourth-order valence-electron chi connectivity index (χ4n) is 4.13. The Hall–Kier alpha value is -3.94. The van der Waals surface area contributed by atoms with Gasteiger partial charge in [-0.05, 0) is 49.6 Å².